The average molecular weight is 699 g/mol. The Morgan fingerprint density at radius 2 is 1.54 bits per heavy atom. The van der Waals surface area contributed by atoms with Crippen molar-refractivity contribution in [2.45, 2.75) is 71.5 Å². The van der Waals surface area contributed by atoms with Crippen LogP contribution in [-0.2, 0) is 36.8 Å². The molecule has 0 aromatic heterocycles. The number of likely N-dealkylation sites (tertiary alicyclic amines) is 1. The van der Waals surface area contributed by atoms with Crippen LogP contribution in [0.25, 0.3) is 0 Å². The zero-order valence-electron chi connectivity index (χ0n) is 27.7. The lowest BCUT2D eigenvalue weighted by Crippen LogP contribution is -2.56. The van der Waals surface area contributed by atoms with Gasteiger partial charge in [-0.05, 0) is 35.6 Å². The second-order valence-electron chi connectivity index (χ2n) is 12.5. The highest BCUT2D eigenvalue weighted by atomic mass is 79.9. The Kier molecular flexibility index (Phi) is 13.8. The summed E-state index contributed by atoms with van der Waals surface area (Å²) in [4.78, 5) is 69.9. The van der Waals surface area contributed by atoms with E-state index >= 15 is 0 Å². The van der Waals surface area contributed by atoms with Crippen LogP contribution in [-0.4, -0.2) is 84.6 Å². The van der Waals surface area contributed by atoms with E-state index < -0.39 is 24.0 Å². The van der Waals surface area contributed by atoms with E-state index in [0.717, 1.165) is 15.6 Å². The fourth-order valence-corrected chi connectivity index (χ4v) is 5.80. The molecule has 5 atom stereocenters. The zero-order valence-corrected chi connectivity index (χ0v) is 29.3. The van der Waals surface area contributed by atoms with E-state index in [0.29, 0.717) is 19.4 Å². The highest BCUT2D eigenvalue weighted by Gasteiger charge is 2.39. The van der Waals surface area contributed by atoms with Gasteiger partial charge in [0.25, 0.3) is 0 Å². The molecule has 2 aromatic carbocycles. The summed E-state index contributed by atoms with van der Waals surface area (Å²) < 4.78 is 0.892. The van der Waals surface area contributed by atoms with Crippen LogP contribution in [0.15, 0.2) is 59.1 Å². The molecule has 1 heterocycles. The normalized spacial score (nSPS) is 17.0. The average Bonchev–Trinajstić information content (AvgIpc) is 3.56. The van der Waals surface area contributed by atoms with Crippen molar-refractivity contribution in [2.24, 2.45) is 17.8 Å². The number of carbonyl (C=O) groups is 5. The molecule has 0 spiro atoms. The molecule has 250 valence electrons. The summed E-state index contributed by atoms with van der Waals surface area (Å²) in [5.74, 6) is -2.28. The molecular formula is C35H48BrN5O5. The number of rotatable bonds is 14. The first-order valence-electron chi connectivity index (χ1n) is 16.0. The third-order valence-electron chi connectivity index (χ3n) is 8.77. The maximum Gasteiger partial charge on any atom is 0.245 e. The Bertz CT molecular complexity index is 1350. The molecule has 0 radical (unpaired) electrons. The molecule has 3 N–H and O–H groups in total. The van der Waals surface area contributed by atoms with Crippen LogP contribution in [0.5, 0.6) is 0 Å². The van der Waals surface area contributed by atoms with E-state index in [1.807, 2.05) is 68.4 Å². The van der Waals surface area contributed by atoms with Gasteiger partial charge < -0.3 is 25.8 Å². The summed E-state index contributed by atoms with van der Waals surface area (Å²) in [5, 5.41) is 8.43. The lowest BCUT2D eigenvalue weighted by Gasteiger charge is -2.33. The van der Waals surface area contributed by atoms with Gasteiger partial charge >= 0.3 is 0 Å². The van der Waals surface area contributed by atoms with E-state index in [1.54, 1.807) is 32.8 Å². The van der Waals surface area contributed by atoms with Gasteiger partial charge in [0.15, 0.2) is 0 Å². The zero-order chi connectivity index (χ0) is 34.0. The molecule has 1 saturated heterocycles. The van der Waals surface area contributed by atoms with Crippen LogP contribution < -0.4 is 16.0 Å². The first kappa shape index (κ1) is 36.7. The van der Waals surface area contributed by atoms with E-state index in [9.17, 15) is 24.0 Å². The van der Waals surface area contributed by atoms with Gasteiger partial charge in [0.1, 0.15) is 18.1 Å². The molecule has 5 amide bonds. The predicted molar refractivity (Wildman–Crippen MR) is 181 cm³/mol. The van der Waals surface area contributed by atoms with Crippen LogP contribution in [0.2, 0.25) is 0 Å². The van der Waals surface area contributed by atoms with Crippen LogP contribution in [0, 0.1) is 17.8 Å². The lowest BCUT2D eigenvalue weighted by molar-refractivity contribution is -0.146. The van der Waals surface area contributed by atoms with Crippen LogP contribution in [0.3, 0.4) is 0 Å². The van der Waals surface area contributed by atoms with Crippen molar-refractivity contribution in [3.63, 3.8) is 0 Å². The van der Waals surface area contributed by atoms with Gasteiger partial charge in [-0.1, -0.05) is 92.5 Å². The fourth-order valence-electron chi connectivity index (χ4n) is 5.54. The molecule has 1 fully saturated rings. The van der Waals surface area contributed by atoms with Gasteiger partial charge in [-0.25, -0.2) is 0 Å². The maximum atomic E-state index is 14.2. The third kappa shape index (κ3) is 9.88. The SMILES string of the molecule is CCC(C)C(NC(=O)C1CCN(C(=O)C(Cc2ccc(Br)cc2)N(C)C(=O)C(Cc2ccccc2)NC(=O)C(C)C)C1)C(=O)NC. The highest BCUT2D eigenvalue weighted by molar-refractivity contribution is 9.10. The number of hydrogen-bond acceptors (Lipinski definition) is 5. The summed E-state index contributed by atoms with van der Waals surface area (Å²) >= 11 is 3.45. The minimum Gasteiger partial charge on any atom is -0.357 e. The first-order chi connectivity index (χ1) is 21.9. The molecule has 5 unspecified atom stereocenters. The predicted octanol–water partition coefficient (Wildman–Crippen LogP) is 3.33. The Hall–Kier alpha value is -3.73. The molecule has 3 rings (SSSR count). The molecule has 1 aliphatic rings. The van der Waals surface area contributed by atoms with Crippen molar-refractivity contribution >= 4 is 45.5 Å². The van der Waals surface area contributed by atoms with E-state index in [2.05, 4.69) is 31.9 Å². The van der Waals surface area contributed by atoms with Gasteiger partial charge in [0, 0.05) is 50.4 Å². The number of halogens is 1. The second kappa shape index (κ2) is 17.3. The molecule has 0 bridgehead atoms. The van der Waals surface area contributed by atoms with Crippen molar-refractivity contribution in [3.05, 3.63) is 70.2 Å². The number of carbonyl (C=O) groups excluding carboxylic acids is 5. The summed E-state index contributed by atoms with van der Waals surface area (Å²) in [6, 6.07) is 14.6. The minimum absolute atomic E-state index is 0.0574. The molecule has 0 aliphatic carbocycles. The van der Waals surface area contributed by atoms with Crippen molar-refractivity contribution in [2.75, 3.05) is 27.2 Å². The van der Waals surface area contributed by atoms with Crippen LogP contribution in [0.4, 0.5) is 0 Å². The monoisotopic (exact) mass is 697 g/mol. The molecule has 10 nitrogen and oxygen atoms in total. The smallest absolute Gasteiger partial charge is 0.245 e. The van der Waals surface area contributed by atoms with Gasteiger partial charge in [-0.2, -0.15) is 0 Å². The largest absolute Gasteiger partial charge is 0.357 e. The molecule has 0 saturated carbocycles. The van der Waals surface area contributed by atoms with Gasteiger partial charge in [-0.15, -0.1) is 0 Å². The summed E-state index contributed by atoms with van der Waals surface area (Å²) in [7, 11) is 3.14. The fraction of sp³-hybridized carbons (Fsp3) is 0.514. The topological polar surface area (TPSA) is 128 Å². The third-order valence-corrected chi connectivity index (χ3v) is 9.30. The minimum atomic E-state index is -0.873. The van der Waals surface area contributed by atoms with Gasteiger partial charge in [0.05, 0.1) is 5.92 Å². The number of amides is 5. The molecular weight excluding hydrogens is 650 g/mol. The summed E-state index contributed by atoms with van der Waals surface area (Å²) in [5.41, 5.74) is 1.75. The van der Waals surface area contributed by atoms with E-state index in [4.69, 9.17) is 0 Å². The Morgan fingerprint density at radius 1 is 0.913 bits per heavy atom. The highest BCUT2D eigenvalue weighted by Crippen LogP contribution is 2.22. The van der Waals surface area contributed by atoms with Crippen molar-refractivity contribution < 1.29 is 24.0 Å². The summed E-state index contributed by atoms with van der Waals surface area (Å²) in [6.45, 7) is 7.94. The second-order valence-corrected chi connectivity index (χ2v) is 13.4. The van der Waals surface area contributed by atoms with E-state index in [-0.39, 0.29) is 60.8 Å². The van der Waals surface area contributed by atoms with Gasteiger partial charge in [-0.3, -0.25) is 24.0 Å². The quantitative estimate of drug-likeness (QED) is 0.279. The molecule has 11 heteroatoms. The van der Waals surface area contributed by atoms with Crippen molar-refractivity contribution in [1.29, 1.82) is 0 Å². The molecule has 46 heavy (non-hydrogen) atoms. The van der Waals surface area contributed by atoms with Crippen LogP contribution >= 0.6 is 15.9 Å². The van der Waals surface area contributed by atoms with E-state index in [1.165, 1.54) is 4.90 Å². The number of nitrogens with zero attached hydrogens (tertiary/aromatic N) is 2. The van der Waals surface area contributed by atoms with Crippen molar-refractivity contribution in [3.8, 4) is 0 Å². The number of benzene rings is 2. The van der Waals surface area contributed by atoms with Crippen molar-refractivity contribution in [1.82, 2.24) is 25.8 Å². The molecule has 2 aromatic rings. The Morgan fingerprint density at radius 3 is 2.13 bits per heavy atom. The maximum absolute atomic E-state index is 14.2. The Balaban J connectivity index is 1.85. The number of nitrogens with one attached hydrogen (secondary N) is 3. The van der Waals surface area contributed by atoms with Crippen LogP contribution in [0.1, 0.15) is 51.7 Å². The number of hydrogen-bond donors (Lipinski definition) is 3. The summed E-state index contributed by atoms with van der Waals surface area (Å²) in [6.07, 6.45) is 1.69. The standard InChI is InChI=1S/C35H48BrN5O5/c1-7-23(4)30(33(44)37-5)39-32(43)26-17-18-41(21-26)35(46)29(20-25-13-15-27(36)16-14-25)40(6)34(45)28(38-31(42)22(2)3)19-24-11-9-8-10-12-24/h8-16,22-23,26,28-30H,7,17-21H2,1-6H3,(H,37,44)(H,38,42)(H,39,43). The number of likely N-dealkylation sites (N-methyl/N-ethyl adjacent to an activating group) is 2. The Labute approximate surface area is 281 Å². The lowest BCUT2D eigenvalue weighted by atomic mass is 9.97. The first-order valence-corrected chi connectivity index (χ1v) is 16.8. The van der Waals surface area contributed by atoms with Gasteiger partial charge in [0.2, 0.25) is 29.5 Å². The molecule has 1 aliphatic heterocycles.